The second kappa shape index (κ2) is 7.46. The zero-order valence-electron chi connectivity index (χ0n) is 13.2. The van der Waals surface area contributed by atoms with Gasteiger partial charge in [0.1, 0.15) is 0 Å². The molecule has 1 aliphatic carbocycles. The molecule has 3 N–H and O–H groups in total. The summed E-state index contributed by atoms with van der Waals surface area (Å²) in [5.41, 5.74) is 8.41. The van der Waals surface area contributed by atoms with Crippen molar-refractivity contribution in [2.75, 3.05) is 24.1 Å². The highest BCUT2D eigenvalue weighted by atomic mass is 16.2. The van der Waals surface area contributed by atoms with Crippen LogP contribution in [0.1, 0.15) is 44.6 Å². The molecule has 21 heavy (non-hydrogen) atoms. The predicted octanol–water partition coefficient (Wildman–Crippen LogP) is 3.17. The van der Waals surface area contributed by atoms with E-state index in [1.807, 2.05) is 25.1 Å². The van der Waals surface area contributed by atoms with Crippen LogP contribution in [0.4, 0.5) is 11.4 Å². The van der Waals surface area contributed by atoms with Gasteiger partial charge in [-0.05, 0) is 44.0 Å². The maximum atomic E-state index is 12.2. The van der Waals surface area contributed by atoms with Gasteiger partial charge in [-0.1, -0.05) is 32.3 Å². The van der Waals surface area contributed by atoms with Crippen molar-refractivity contribution in [2.24, 2.45) is 0 Å². The van der Waals surface area contributed by atoms with Crippen LogP contribution in [0.15, 0.2) is 18.2 Å². The summed E-state index contributed by atoms with van der Waals surface area (Å²) in [6, 6.07) is 6.23. The van der Waals surface area contributed by atoms with Gasteiger partial charge >= 0.3 is 0 Å². The molecule has 2 rings (SSSR count). The highest BCUT2D eigenvalue weighted by Crippen LogP contribution is 2.22. The topological polar surface area (TPSA) is 58.4 Å². The van der Waals surface area contributed by atoms with E-state index in [1.54, 1.807) is 0 Å². The fraction of sp³-hybridized carbons (Fsp3) is 0.588. The molecule has 0 radical (unpaired) electrons. The minimum absolute atomic E-state index is 0.0469. The molecule has 0 atom stereocenters. The molecule has 1 amide bonds. The number of rotatable bonds is 5. The van der Waals surface area contributed by atoms with Crippen LogP contribution in [0.3, 0.4) is 0 Å². The van der Waals surface area contributed by atoms with Gasteiger partial charge in [-0.15, -0.1) is 0 Å². The number of nitrogens with one attached hydrogen (secondary N) is 1. The number of nitrogens with two attached hydrogens (primary N) is 1. The normalized spacial score (nSPS) is 16.1. The van der Waals surface area contributed by atoms with Crippen molar-refractivity contribution in [2.45, 2.75) is 52.0 Å². The lowest BCUT2D eigenvalue weighted by Gasteiger charge is -2.32. The van der Waals surface area contributed by atoms with Gasteiger partial charge in [0, 0.05) is 17.4 Å². The summed E-state index contributed by atoms with van der Waals surface area (Å²) in [6.07, 6.45) is 6.36. The Morgan fingerprint density at radius 2 is 2.05 bits per heavy atom. The fourth-order valence-corrected chi connectivity index (χ4v) is 3.05. The van der Waals surface area contributed by atoms with E-state index in [0.717, 1.165) is 17.8 Å². The number of likely N-dealkylation sites (N-methyl/N-ethyl adjacent to an activating group) is 1. The van der Waals surface area contributed by atoms with Gasteiger partial charge in [-0.3, -0.25) is 9.69 Å². The molecule has 0 saturated heterocycles. The van der Waals surface area contributed by atoms with Gasteiger partial charge < -0.3 is 11.1 Å². The van der Waals surface area contributed by atoms with E-state index in [2.05, 4.69) is 17.1 Å². The highest BCUT2D eigenvalue weighted by Gasteiger charge is 2.21. The van der Waals surface area contributed by atoms with Crippen molar-refractivity contribution in [1.82, 2.24) is 4.90 Å². The molecule has 1 aliphatic rings. The molecule has 1 saturated carbocycles. The number of carbonyl (C=O) groups excluding carboxylic acids is 1. The van der Waals surface area contributed by atoms with E-state index in [-0.39, 0.29) is 5.91 Å². The lowest BCUT2D eigenvalue weighted by atomic mass is 9.94. The molecule has 0 aromatic heterocycles. The van der Waals surface area contributed by atoms with Crippen LogP contribution in [0.5, 0.6) is 0 Å². The molecular weight excluding hydrogens is 262 g/mol. The lowest BCUT2D eigenvalue weighted by Crippen LogP contribution is -2.41. The Balaban J connectivity index is 1.91. The number of hydrogen-bond donors (Lipinski definition) is 2. The third-order valence-corrected chi connectivity index (χ3v) is 4.41. The molecule has 0 aliphatic heterocycles. The summed E-state index contributed by atoms with van der Waals surface area (Å²) in [4.78, 5) is 14.5. The molecule has 1 aromatic carbocycles. The Hall–Kier alpha value is -1.55. The predicted molar refractivity (Wildman–Crippen MR) is 88.3 cm³/mol. The number of hydrogen-bond acceptors (Lipinski definition) is 3. The second-order valence-electron chi connectivity index (χ2n) is 5.97. The van der Waals surface area contributed by atoms with E-state index in [4.69, 9.17) is 5.73 Å². The number of benzene rings is 1. The summed E-state index contributed by atoms with van der Waals surface area (Å²) in [5, 5.41) is 2.95. The van der Waals surface area contributed by atoms with Crippen molar-refractivity contribution in [3.05, 3.63) is 23.8 Å². The van der Waals surface area contributed by atoms with Crippen LogP contribution < -0.4 is 11.1 Å². The summed E-state index contributed by atoms with van der Waals surface area (Å²) < 4.78 is 0. The number of aryl methyl sites for hydroxylation is 1. The van der Waals surface area contributed by atoms with Crippen LogP contribution in [-0.2, 0) is 4.79 Å². The standard InChI is InChI=1S/C17H27N3O/c1-3-20(15-7-5-4-6-8-15)12-17(21)19-14-10-9-13(2)16(18)11-14/h9-11,15H,3-8,12,18H2,1-2H3,(H,19,21). The van der Waals surface area contributed by atoms with Gasteiger partial charge in [0.05, 0.1) is 6.54 Å². The first-order chi connectivity index (χ1) is 10.1. The Morgan fingerprint density at radius 3 is 2.67 bits per heavy atom. The molecule has 0 bridgehead atoms. The number of nitrogen functional groups attached to an aromatic ring is 1. The van der Waals surface area contributed by atoms with Crippen LogP contribution in [0.2, 0.25) is 0 Å². The Kier molecular flexibility index (Phi) is 5.62. The highest BCUT2D eigenvalue weighted by molar-refractivity contribution is 5.92. The van der Waals surface area contributed by atoms with Crippen LogP contribution in [-0.4, -0.2) is 29.9 Å². The molecule has 1 aromatic rings. The average Bonchev–Trinajstić information content (AvgIpc) is 2.49. The first-order valence-electron chi connectivity index (χ1n) is 8.00. The van der Waals surface area contributed by atoms with Crippen molar-refractivity contribution in [3.8, 4) is 0 Å². The first-order valence-corrected chi connectivity index (χ1v) is 8.00. The van der Waals surface area contributed by atoms with E-state index in [9.17, 15) is 4.79 Å². The third kappa shape index (κ3) is 4.46. The van der Waals surface area contributed by atoms with Gasteiger partial charge in [0.25, 0.3) is 0 Å². The third-order valence-electron chi connectivity index (χ3n) is 4.41. The number of nitrogens with zero attached hydrogens (tertiary/aromatic N) is 1. The number of amides is 1. The van der Waals surface area contributed by atoms with Gasteiger partial charge in [0.15, 0.2) is 0 Å². The zero-order chi connectivity index (χ0) is 15.2. The smallest absolute Gasteiger partial charge is 0.238 e. The SMILES string of the molecule is CCN(CC(=O)Nc1ccc(C)c(N)c1)C1CCCCC1. The Morgan fingerprint density at radius 1 is 1.33 bits per heavy atom. The molecule has 1 fully saturated rings. The maximum Gasteiger partial charge on any atom is 0.238 e. The van der Waals surface area contributed by atoms with Gasteiger partial charge in [0.2, 0.25) is 5.91 Å². The second-order valence-corrected chi connectivity index (χ2v) is 5.97. The number of anilines is 2. The summed E-state index contributed by atoms with van der Waals surface area (Å²) in [6.45, 7) is 5.48. The van der Waals surface area contributed by atoms with E-state index < -0.39 is 0 Å². The van der Waals surface area contributed by atoms with E-state index in [0.29, 0.717) is 18.3 Å². The monoisotopic (exact) mass is 289 g/mol. The molecule has 0 heterocycles. The van der Waals surface area contributed by atoms with E-state index >= 15 is 0 Å². The quantitative estimate of drug-likeness (QED) is 0.819. The van der Waals surface area contributed by atoms with Gasteiger partial charge in [-0.25, -0.2) is 0 Å². The van der Waals surface area contributed by atoms with Crippen molar-refractivity contribution in [3.63, 3.8) is 0 Å². The van der Waals surface area contributed by atoms with Crippen LogP contribution >= 0.6 is 0 Å². The van der Waals surface area contributed by atoms with E-state index in [1.165, 1.54) is 32.1 Å². The molecule has 4 nitrogen and oxygen atoms in total. The summed E-state index contributed by atoms with van der Waals surface area (Å²) in [7, 11) is 0. The largest absolute Gasteiger partial charge is 0.398 e. The summed E-state index contributed by atoms with van der Waals surface area (Å²) in [5.74, 6) is 0.0469. The van der Waals surface area contributed by atoms with Crippen molar-refractivity contribution >= 4 is 17.3 Å². The molecule has 0 unspecified atom stereocenters. The summed E-state index contributed by atoms with van der Waals surface area (Å²) >= 11 is 0. The van der Waals surface area contributed by atoms with Crippen molar-refractivity contribution < 1.29 is 4.79 Å². The van der Waals surface area contributed by atoms with Gasteiger partial charge in [-0.2, -0.15) is 0 Å². The first kappa shape index (κ1) is 15.8. The number of carbonyl (C=O) groups is 1. The lowest BCUT2D eigenvalue weighted by molar-refractivity contribution is -0.118. The molecule has 116 valence electrons. The minimum atomic E-state index is 0.0469. The molecular formula is C17H27N3O. The zero-order valence-corrected chi connectivity index (χ0v) is 13.2. The Bertz CT molecular complexity index is 481. The molecule has 0 spiro atoms. The fourth-order valence-electron chi connectivity index (χ4n) is 3.05. The average molecular weight is 289 g/mol. The minimum Gasteiger partial charge on any atom is -0.398 e. The van der Waals surface area contributed by atoms with Crippen molar-refractivity contribution in [1.29, 1.82) is 0 Å². The maximum absolute atomic E-state index is 12.2. The Labute approximate surface area is 127 Å². The van der Waals surface area contributed by atoms with Crippen LogP contribution in [0, 0.1) is 6.92 Å². The van der Waals surface area contributed by atoms with Crippen LogP contribution in [0.25, 0.3) is 0 Å². The molecule has 4 heteroatoms.